The molecule has 1 aromatic carbocycles. The van der Waals surface area contributed by atoms with Crippen LogP contribution in [0.15, 0.2) is 47.8 Å². The van der Waals surface area contributed by atoms with Crippen molar-refractivity contribution in [3.8, 4) is 0 Å². The number of carbonyl (C=O) groups is 2. The van der Waals surface area contributed by atoms with Crippen LogP contribution in [-0.2, 0) is 4.79 Å². The van der Waals surface area contributed by atoms with Crippen LogP contribution in [0.4, 0.5) is 0 Å². The number of amides is 2. The second-order valence-electron chi connectivity index (χ2n) is 6.24. The van der Waals surface area contributed by atoms with Gasteiger partial charge in [-0.25, -0.2) is 0 Å². The van der Waals surface area contributed by atoms with Crippen molar-refractivity contribution >= 4 is 23.2 Å². The summed E-state index contributed by atoms with van der Waals surface area (Å²) in [5, 5.41) is 5.05. The maximum Gasteiger partial charge on any atom is 0.253 e. The Bertz CT molecular complexity index is 695. The molecule has 2 heterocycles. The first-order chi connectivity index (χ1) is 12.1. The van der Waals surface area contributed by atoms with Crippen LogP contribution in [0, 0.1) is 0 Å². The van der Waals surface area contributed by atoms with Gasteiger partial charge in [-0.1, -0.05) is 24.3 Å². The van der Waals surface area contributed by atoms with Crippen LogP contribution < -0.4 is 5.32 Å². The van der Waals surface area contributed by atoms with Crippen molar-refractivity contribution in [1.29, 1.82) is 0 Å². The van der Waals surface area contributed by atoms with Crippen molar-refractivity contribution < 1.29 is 9.59 Å². The van der Waals surface area contributed by atoms with Crippen LogP contribution in [-0.4, -0.2) is 54.3 Å². The molecule has 25 heavy (non-hydrogen) atoms. The number of piperazine rings is 1. The molecule has 0 bridgehead atoms. The van der Waals surface area contributed by atoms with Gasteiger partial charge in [0.15, 0.2) is 0 Å². The molecule has 132 valence electrons. The SMILES string of the molecule is C[C@@H](NC(=O)CN1CCN(C(=O)c2ccccc2)CC1)c1cccs1. The summed E-state index contributed by atoms with van der Waals surface area (Å²) in [7, 11) is 0. The summed E-state index contributed by atoms with van der Waals surface area (Å²) in [6.45, 7) is 5.13. The van der Waals surface area contributed by atoms with E-state index in [0.29, 0.717) is 19.6 Å². The molecule has 0 spiro atoms. The van der Waals surface area contributed by atoms with Gasteiger partial charge in [-0.2, -0.15) is 0 Å². The summed E-state index contributed by atoms with van der Waals surface area (Å²) < 4.78 is 0. The third-order valence-electron chi connectivity index (χ3n) is 4.39. The van der Waals surface area contributed by atoms with Crippen molar-refractivity contribution in [2.45, 2.75) is 13.0 Å². The highest BCUT2D eigenvalue weighted by molar-refractivity contribution is 7.10. The average Bonchev–Trinajstić information content (AvgIpc) is 3.17. The van der Waals surface area contributed by atoms with E-state index in [1.807, 2.05) is 59.7 Å². The quantitative estimate of drug-likeness (QED) is 0.894. The number of thiophene rings is 1. The Kier molecular flexibility index (Phi) is 5.83. The lowest BCUT2D eigenvalue weighted by atomic mass is 10.2. The summed E-state index contributed by atoms with van der Waals surface area (Å²) >= 11 is 1.65. The first kappa shape index (κ1) is 17.6. The summed E-state index contributed by atoms with van der Waals surface area (Å²) in [5.74, 6) is 0.0970. The lowest BCUT2D eigenvalue weighted by molar-refractivity contribution is -0.123. The van der Waals surface area contributed by atoms with E-state index in [0.717, 1.165) is 23.5 Å². The van der Waals surface area contributed by atoms with Crippen molar-refractivity contribution in [3.63, 3.8) is 0 Å². The minimum absolute atomic E-state index is 0.0312. The monoisotopic (exact) mass is 357 g/mol. The lowest BCUT2D eigenvalue weighted by Crippen LogP contribution is -2.51. The molecule has 1 fully saturated rings. The van der Waals surface area contributed by atoms with Crippen LogP contribution in [0.3, 0.4) is 0 Å². The second-order valence-corrected chi connectivity index (χ2v) is 7.22. The molecule has 1 aliphatic rings. The maximum atomic E-state index is 12.4. The number of carbonyl (C=O) groups excluding carboxylic acids is 2. The number of nitrogens with one attached hydrogen (secondary N) is 1. The zero-order chi connectivity index (χ0) is 17.6. The fourth-order valence-electron chi connectivity index (χ4n) is 2.97. The Morgan fingerprint density at radius 3 is 2.44 bits per heavy atom. The molecule has 1 N–H and O–H groups in total. The predicted octanol–water partition coefficient (Wildman–Crippen LogP) is 2.38. The van der Waals surface area contributed by atoms with E-state index in [1.54, 1.807) is 11.3 Å². The molecule has 1 aromatic heterocycles. The van der Waals surface area contributed by atoms with Gasteiger partial charge in [0.1, 0.15) is 0 Å². The van der Waals surface area contributed by atoms with Gasteiger partial charge < -0.3 is 10.2 Å². The second kappa shape index (κ2) is 8.27. The third-order valence-corrected chi connectivity index (χ3v) is 5.45. The topological polar surface area (TPSA) is 52.7 Å². The van der Waals surface area contributed by atoms with Gasteiger partial charge in [0, 0.05) is 36.6 Å². The molecule has 1 atom stereocenters. The summed E-state index contributed by atoms with van der Waals surface area (Å²) in [5.41, 5.74) is 0.721. The van der Waals surface area contributed by atoms with E-state index in [1.165, 1.54) is 0 Å². The van der Waals surface area contributed by atoms with Crippen LogP contribution in [0.25, 0.3) is 0 Å². The molecule has 6 heteroatoms. The zero-order valence-corrected chi connectivity index (χ0v) is 15.2. The Morgan fingerprint density at radius 1 is 1.08 bits per heavy atom. The summed E-state index contributed by atoms with van der Waals surface area (Å²) in [6.07, 6.45) is 0. The molecule has 0 saturated carbocycles. The Balaban J connectivity index is 1.44. The van der Waals surface area contributed by atoms with E-state index in [4.69, 9.17) is 0 Å². The normalized spacial score (nSPS) is 16.4. The standard InChI is InChI=1S/C19H23N3O2S/c1-15(17-8-5-13-25-17)20-18(23)14-21-9-11-22(12-10-21)19(24)16-6-3-2-4-7-16/h2-8,13,15H,9-12,14H2,1H3,(H,20,23)/t15-/m1/s1. The predicted molar refractivity (Wildman–Crippen MR) is 99.7 cm³/mol. The van der Waals surface area contributed by atoms with Gasteiger partial charge in [-0.3, -0.25) is 14.5 Å². The minimum atomic E-state index is 0.0312. The molecule has 3 rings (SSSR count). The first-order valence-corrected chi connectivity index (χ1v) is 9.41. The highest BCUT2D eigenvalue weighted by Gasteiger charge is 2.23. The summed E-state index contributed by atoms with van der Waals surface area (Å²) in [4.78, 5) is 29.8. The van der Waals surface area contributed by atoms with E-state index in [2.05, 4.69) is 10.2 Å². The van der Waals surface area contributed by atoms with E-state index >= 15 is 0 Å². The molecule has 5 nitrogen and oxygen atoms in total. The fourth-order valence-corrected chi connectivity index (χ4v) is 3.71. The van der Waals surface area contributed by atoms with Crippen molar-refractivity contribution in [3.05, 3.63) is 58.3 Å². The average molecular weight is 357 g/mol. The molecule has 1 saturated heterocycles. The molecule has 1 aliphatic heterocycles. The Labute approximate surface area is 152 Å². The number of hydrogen-bond acceptors (Lipinski definition) is 4. The molecule has 2 aromatic rings. The van der Waals surface area contributed by atoms with Crippen LogP contribution in [0.5, 0.6) is 0 Å². The molecule has 0 aliphatic carbocycles. The van der Waals surface area contributed by atoms with Gasteiger partial charge in [0.2, 0.25) is 5.91 Å². The van der Waals surface area contributed by atoms with E-state index in [-0.39, 0.29) is 17.9 Å². The third kappa shape index (κ3) is 4.67. The molecule has 0 unspecified atom stereocenters. The van der Waals surface area contributed by atoms with E-state index in [9.17, 15) is 9.59 Å². The van der Waals surface area contributed by atoms with Crippen LogP contribution >= 0.6 is 11.3 Å². The summed E-state index contributed by atoms with van der Waals surface area (Å²) in [6, 6.07) is 13.4. The van der Waals surface area contributed by atoms with Gasteiger partial charge in [-0.05, 0) is 30.5 Å². The largest absolute Gasteiger partial charge is 0.348 e. The van der Waals surface area contributed by atoms with Crippen molar-refractivity contribution in [2.24, 2.45) is 0 Å². The van der Waals surface area contributed by atoms with Crippen LogP contribution in [0.2, 0.25) is 0 Å². The number of benzene rings is 1. The molecule has 0 radical (unpaired) electrons. The van der Waals surface area contributed by atoms with Gasteiger partial charge >= 0.3 is 0 Å². The minimum Gasteiger partial charge on any atom is -0.348 e. The first-order valence-electron chi connectivity index (χ1n) is 8.53. The van der Waals surface area contributed by atoms with Crippen molar-refractivity contribution in [2.75, 3.05) is 32.7 Å². The van der Waals surface area contributed by atoms with Gasteiger partial charge in [0.05, 0.1) is 12.6 Å². The highest BCUT2D eigenvalue weighted by atomic mass is 32.1. The fraction of sp³-hybridized carbons (Fsp3) is 0.368. The van der Waals surface area contributed by atoms with Crippen molar-refractivity contribution in [1.82, 2.24) is 15.1 Å². The molecular formula is C19H23N3O2S. The maximum absolute atomic E-state index is 12.4. The van der Waals surface area contributed by atoms with Crippen LogP contribution in [0.1, 0.15) is 28.2 Å². The lowest BCUT2D eigenvalue weighted by Gasteiger charge is -2.34. The number of nitrogens with zero attached hydrogens (tertiary/aromatic N) is 2. The molecule has 2 amide bonds. The number of rotatable bonds is 5. The highest BCUT2D eigenvalue weighted by Crippen LogP contribution is 2.18. The smallest absolute Gasteiger partial charge is 0.253 e. The van der Waals surface area contributed by atoms with E-state index < -0.39 is 0 Å². The Morgan fingerprint density at radius 2 is 1.80 bits per heavy atom. The molecular weight excluding hydrogens is 334 g/mol. The van der Waals surface area contributed by atoms with Gasteiger partial charge in [0.25, 0.3) is 5.91 Å². The Hall–Kier alpha value is -2.18. The number of hydrogen-bond donors (Lipinski definition) is 1. The zero-order valence-electron chi connectivity index (χ0n) is 14.4. The van der Waals surface area contributed by atoms with Gasteiger partial charge in [-0.15, -0.1) is 11.3 Å².